The number of hydrogen-bond acceptors (Lipinski definition) is 3. The maximum atomic E-state index is 11.6. The third kappa shape index (κ3) is 1.99. The molecule has 0 saturated carbocycles. The summed E-state index contributed by atoms with van der Waals surface area (Å²) < 4.78 is 6.25. The summed E-state index contributed by atoms with van der Waals surface area (Å²) in [6.07, 6.45) is -0.915. The largest absolute Gasteiger partial charge is 0.478 e. The molecule has 16 heavy (non-hydrogen) atoms. The monoisotopic (exact) mass is 348 g/mol. The normalized spacial score (nSPS) is 18.9. The van der Waals surface area contributed by atoms with Crippen LogP contribution >= 0.6 is 31.9 Å². The molecule has 1 atom stereocenters. The Balaban J connectivity index is 2.50. The highest BCUT2D eigenvalue weighted by molar-refractivity contribution is 9.11. The number of hydrogen-bond donors (Lipinski definition) is 1. The van der Waals surface area contributed by atoms with Crippen molar-refractivity contribution in [3.8, 4) is 0 Å². The first kappa shape index (κ1) is 11.6. The van der Waals surface area contributed by atoms with Gasteiger partial charge in [-0.25, -0.2) is 9.59 Å². The van der Waals surface area contributed by atoms with E-state index in [1.165, 1.54) is 0 Å². The molecule has 1 aliphatic heterocycles. The number of ether oxygens (including phenoxy) is 1. The van der Waals surface area contributed by atoms with Gasteiger partial charge in [-0.05, 0) is 17.7 Å². The van der Waals surface area contributed by atoms with Crippen LogP contribution in [0.25, 0.3) is 0 Å². The Morgan fingerprint density at radius 1 is 1.44 bits per heavy atom. The smallest absolute Gasteiger partial charge is 0.345 e. The number of carbonyl (C=O) groups excluding carboxylic acids is 1. The van der Waals surface area contributed by atoms with E-state index >= 15 is 0 Å². The third-order valence-electron chi connectivity index (χ3n) is 2.29. The van der Waals surface area contributed by atoms with Crippen molar-refractivity contribution in [1.29, 1.82) is 0 Å². The molecule has 1 heterocycles. The van der Waals surface area contributed by atoms with E-state index in [0.29, 0.717) is 15.6 Å². The number of aliphatic carboxylic acids is 1. The number of esters is 1. The molecular weight excluding hydrogens is 344 g/mol. The van der Waals surface area contributed by atoms with Crippen LogP contribution in [0.15, 0.2) is 21.1 Å². The third-order valence-corrected chi connectivity index (χ3v) is 3.46. The Bertz CT molecular complexity index is 484. The van der Waals surface area contributed by atoms with Crippen LogP contribution in [-0.2, 0) is 16.0 Å². The zero-order valence-corrected chi connectivity index (χ0v) is 11.0. The highest BCUT2D eigenvalue weighted by atomic mass is 79.9. The number of benzene rings is 1. The number of carboxylic acids is 1. The van der Waals surface area contributed by atoms with E-state index in [0.717, 1.165) is 4.47 Å². The van der Waals surface area contributed by atoms with Crippen LogP contribution in [-0.4, -0.2) is 23.1 Å². The lowest BCUT2D eigenvalue weighted by Gasteiger charge is -2.22. The zero-order valence-electron chi connectivity index (χ0n) is 7.87. The van der Waals surface area contributed by atoms with Crippen LogP contribution in [0, 0.1) is 0 Å². The summed E-state index contributed by atoms with van der Waals surface area (Å²) in [5.41, 5.74) is 1.07. The fourth-order valence-corrected chi connectivity index (χ4v) is 2.94. The van der Waals surface area contributed by atoms with Gasteiger partial charge in [0.15, 0.2) is 0 Å². The van der Waals surface area contributed by atoms with Gasteiger partial charge < -0.3 is 9.84 Å². The number of halogens is 2. The van der Waals surface area contributed by atoms with E-state index in [1.54, 1.807) is 12.1 Å². The van der Waals surface area contributed by atoms with E-state index in [1.807, 2.05) is 0 Å². The summed E-state index contributed by atoms with van der Waals surface area (Å²) in [6.45, 7) is 0. The molecule has 1 aromatic rings. The van der Waals surface area contributed by atoms with Gasteiger partial charge >= 0.3 is 11.9 Å². The Kier molecular flexibility index (Phi) is 3.03. The molecule has 6 heteroatoms. The summed E-state index contributed by atoms with van der Waals surface area (Å²) in [7, 11) is 0. The summed E-state index contributed by atoms with van der Waals surface area (Å²) in [5, 5.41) is 8.83. The van der Waals surface area contributed by atoms with E-state index in [2.05, 4.69) is 31.9 Å². The second kappa shape index (κ2) is 4.18. The summed E-state index contributed by atoms with van der Waals surface area (Å²) in [6, 6.07) is 3.40. The minimum atomic E-state index is -1.13. The van der Waals surface area contributed by atoms with Crippen LogP contribution in [0.5, 0.6) is 0 Å². The van der Waals surface area contributed by atoms with E-state index < -0.39 is 18.0 Å². The molecule has 0 saturated heterocycles. The van der Waals surface area contributed by atoms with E-state index in [9.17, 15) is 9.59 Å². The molecule has 0 aliphatic carbocycles. The van der Waals surface area contributed by atoms with Crippen LogP contribution in [0.4, 0.5) is 0 Å². The fraction of sp³-hybridized carbons (Fsp3) is 0.200. The molecule has 1 aromatic carbocycles. The number of carboxylic acid groups (broad SMARTS) is 1. The standard InChI is InChI=1S/C10H6Br2O4/c11-4-1-6-5(7(12)2-4)3-8(9(13)14)16-10(6)15/h1-2,8H,3H2,(H,13,14). The first-order valence-electron chi connectivity index (χ1n) is 4.40. The highest BCUT2D eigenvalue weighted by Gasteiger charge is 2.32. The molecule has 1 aliphatic rings. The minimum absolute atomic E-state index is 0.185. The van der Waals surface area contributed by atoms with Gasteiger partial charge in [0.25, 0.3) is 0 Å². The molecule has 0 aromatic heterocycles. The first-order valence-corrected chi connectivity index (χ1v) is 5.99. The summed E-state index contributed by atoms with van der Waals surface area (Å²) in [5.74, 6) is -1.73. The number of carbonyl (C=O) groups is 2. The summed E-state index contributed by atoms with van der Waals surface area (Å²) >= 11 is 6.56. The minimum Gasteiger partial charge on any atom is -0.478 e. The molecule has 0 bridgehead atoms. The topological polar surface area (TPSA) is 63.6 Å². The predicted octanol–water partition coefficient (Wildman–Crippen LogP) is 2.38. The Morgan fingerprint density at radius 3 is 2.75 bits per heavy atom. The van der Waals surface area contributed by atoms with Crippen LogP contribution < -0.4 is 0 Å². The van der Waals surface area contributed by atoms with Gasteiger partial charge in [0.05, 0.1) is 5.56 Å². The van der Waals surface area contributed by atoms with Crippen molar-refractivity contribution in [2.75, 3.05) is 0 Å². The fourth-order valence-electron chi connectivity index (χ4n) is 1.55. The second-order valence-electron chi connectivity index (χ2n) is 3.35. The number of fused-ring (bicyclic) bond motifs is 1. The quantitative estimate of drug-likeness (QED) is 0.790. The molecule has 84 valence electrons. The van der Waals surface area contributed by atoms with Crippen LogP contribution in [0.3, 0.4) is 0 Å². The SMILES string of the molecule is O=C1OC(C(=O)O)Cc2c(Br)cc(Br)cc21. The number of cyclic esters (lactones) is 1. The second-order valence-corrected chi connectivity index (χ2v) is 5.12. The average Bonchev–Trinajstić information content (AvgIpc) is 2.19. The van der Waals surface area contributed by atoms with Gasteiger partial charge in [-0.2, -0.15) is 0 Å². The van der Waals surface area contributed by atoms with Crippen molar-refractivity contribution in [2.45, 2.75) is 12.5 Å². The van der Waals surface area contributed by atoms with Crippen LogP contribution in [0.2, 0.25) is 0 Å². The van der Waals surface area contributed by atoms with Gasteiger partial charge in [-0.15, -0.1) is 0 Å². The van der Waals surface area contributed by atoms with Gasteiger partial charge in [-0.3, -0.25) is 0 Å². The molecule has 0 amide bonds. The Hall–Kier alpha value is -0.880. The number of rotatable bonds is 1. The van der Waals surface area contributed by atoms with Gasteiger partial charge in [0, 0.05) is 15.4 Å². The lowest BCUT2D eigenvalue weighted by molar-refractivity contribution is -0.147. The lowest BCUT2D eigenvalue weighted by Crippen LogP contribution is -2.34. The zero-order chi connectivity index (χ0) is 11.9. The lowest BCUT2D eigenvalue weighted by atomic mass is 9.99. The molecule has 1 unspecified atom stereocenters. The molecular formula is C10H6Br2O4. The highest BCUT2D eigenvalue weighted by Crippen LogP contribution is 2.31. The van der Waals surface area contributed by atoms with Crippen molar-refractivity contribution in [3.05, 3.63) is 32.2 Å². The van der Waals surface area contributed by atoms with Gasteiger partial charge in [-0.1, -0.05) is 31.9 Å². The van der Waals surface area contributed by atoms with Crippen LogP contribution in [0.1, 0.15) is 15.9 Å². The van der Waals surface area contributed by atoms with E-state index in [4.69, 9.17) is 9.84 Å². The maximum Gasteiger partial charge on any atom is 0.345 e. The Labute approximate surface area is 108 Å². The van der Waals surface area contributed by atoms with E-state index in [-0.39, 0.29) is 6.42 Å². The van der Waals surface area contributed by atoms with Crippen molar-refractivity contribution in [3.63, 3.8) is 0 Å². The molecule has 2 rings (SSSR count). The molecule has 0 fully saturated rings. The molecule has 1 N–H and O–H groups in total. The average molecular weight is 350 g/mol. The van der Waals surface area contributed by atoms with Crippen molar-refractivity contribution >= 4 is 43.8 Å². The van der Waals surface area contributed by atoms with Crippen molar-refractivity contribution in [1.82, 2.24) is 0 Å². The van der Waals surface area contributed by atoms with Crippen molar-refractivity contribution in [2.24, 2.45) is 0 Å². The molecule has 0 radical (unpaired) electrons. The summed E-state index contributed by atoms with van der Waals surface area (Å²) in [4.78, 5) is 22.4. The maximum absolute atomic E-state index is 11.6. The van der Waals surface area contributed by atoms with Gasteiger partial charge in [0.1, 0.15) is 0 Å². The van der Waals surface area contributed by atoms with Gasteiger partial charge in [0.2, 0.25) is 6.10 Å². The Morgan fingerprint density at radius 2 is 2.12 bits per heavy atom. The predicted molar refractivity (Wildman–Crippen MR) is 62.4 cm³/mol. The first-order chi connectivity index (χ1) is 7.49. The van der Waals surface area contributed by atoms with Crippen molar-refractivity contribution < 1.29 is 19.4 Å². The molecule has 0 spiro atoms. The molecule has 4 nitrogen and oxygen atoms in total.